The number of benzene rings is 1. The molecule has 2 N–H and O–H groups in total. The van der Waals surface area contributed by atoms with Gasteiger partial charge in [0.05, 0.1) is 32.8 Å². The van der Waals surface area contributed by atoms with E-state index in [4.69, 9.17) is 14.2 Å². The van der Waals surface area contributed by atoms with Crippen LogP contribution in [0.1, 0.15) is 23.2 Å². The van der Waals surface area contributed by atoms with Gasteiger partial charge in [-0.3, -0.25) is 20.4 Å². The van der Waals surface area contributed by atoms with Crippen molar-refractivity contribution in [3.05, 3.63) is 17.7 Å². The molecule has 0 radical (unpaired) electrons. The number of amides is 2. The Morgan fingerprint density at radius 2 is 1.69 bits per heavy atom. The highest BCUT2D eigenvalue weighted by molar-refractivity contribution is 7.91. The van der Waals surface area contributed by atoms with Crippen LogP contribution < -0.4 is 25.1 Å². The molecule has 0 saturated carbocycles. The first-order valence-electron chi connectivity index (χ1n) is 7.89. The Hall–Kier alpha value is -2.49. The van der Waals surface area contributed by atoms with Crippen molar-refractivity contribution in [3.63, 3.8) is 0 Å². The summed E-state index contributed by atoms with van der Waals surface area (Å²) < 4.78 is 38.4. The summed E-state index contributed by atoms with van der Waals surface area (Å²) in [6.07, 6.45) is 0.491. The van der Waals surface area contributed by atoms with Gasteiger partial charge in [-0.2, -0.15) is 0 Å². The Bertz CT molecular complexity index is 767. The summed E-state index contributed by atoms with van der Waals surface area (Å²) in [6.45, 7) is 0. The number of sulfone groups is 1. The van der Waals surface area contributed by atoms with E-state index < -0.39 is 21.7 Å². The topological polar surface area (TPSA) is 120 Å². The van der Waals surface area contributed by atoms with Crippen molar-refractivity contribution in [1.29, 1.82) is 0 Å². The van der Waals surface area contributed by atoms with E-state index >= 15 is 0 Å². The van der Waals surface area contributed by atoms with Gasteiger partial charge in [-0.1, -0.05) is 0 Å². The molecule has 0 bridgehead atoms. The number of methoxy groups -OCH3 is 3. The van der Waals surface area contributed by atoms with Gasteiger partial charge in [0, 0.05) is 12.0 Å². The van der Waals surface area contributed by atoms with Crippen LogP contribution in [0.2, 0.25) is 0 Å². The molecule has 1 saturated heterocycles. The van der Waals surface area contributed by atoms with Gasteiger partial charge in [0.25, 0.3) is 5.91 Å². The molecule has 0 aliphatic carbocycles. The zero-order chi connectivity index (χ0) is 19.3. The van der Waals surface area contributed by atoms with Gasteiger partial charge in [-0.25, -0.2) is 8.42 Å². The van der Waals surface area contributed by atoms with Crippen LogP contribution in [0, 0.1) is 5.92 Å². The van der Waals surface area contributed by atoms with Crippen LogP contribution >= 0.6 is 0 Å². The zero-order valence-corrected chi connectivity index (χ0v) is 15.6. The van der Waals surface area contributed by atoms with E-state index in [9.17, 15) is 18.0 Å². The molecule has 0 aromatic heterocycles. The first kappa shape index (κ1) is 19.8. The van der Waals surface area contributed by atoms with Crippen molar-refractivity contribution in [2.24, 2.45) is 5.92 Å². The summed E-state index contributed by atoms with van der Waals surface area (Å²) in [5.41, 5.74) is 4.78. The van der Waals surface area contributed by atoms with Crippen LogP contribution in [0.25, 0.3) is 0 Å². The normalized spacial score (nSPS) is 18.0. The summed E-state index contributed by atoms with van der Waals surface area (Å²) in [4.78, 5) is 24.2. The maximum Gasteiger partial charge on any atom is 0.269 e. The second kappa shape index (κ2) is 8.26. The third-order valence-electron chi connectivity index (χ3n) is 4.04. The van der Waals surface area contributed by atoms with Crippen molar-refractivity contribution >= 4 is 21.7 Å². The third kappa shape index (κ3) is 4.78. The fourth-order valence-electron chi connectivity index (χ4n) is 2.76. The second-order valence-corrected chi connectivity index (χ2v) is 8.12. The molecule has 9 nitrogen and oxygen atoms in total. The summed E-state index contributed by atoms with van der Waals surface area (Å²) in [5, 5.41) is 0. The number of nitrogens with one attached hydrogen (secondary N) is 2. The fourth-order valence-corrected chi connectivity index (χ4v) is 4.62. The fraction of sp³-hybridized carbons (Fsp3) is 0.500. The highest BCUT2D eigenvalue weighted by Gasteiger charge is 2.29. The lowest BCUT2D eigenvalue weighted by Gasteiger charge is -2.14. The first-order chi connectivity index (χ1) is 12.3. The van der Waals surface area contributed by atoms with E-state index in [0.29, 0.717) is 23.7 Å². The molecule has 1 heterocycles. The molecular weight excluding hydrogens is 364 g/mol. The lowest BCUT2D eigenvalue weighted by atomic mass is 10.1. The van der Waals surface area contributed by atoms with Gasteiger partial charge < -0.3 is 14.2 Å². The lowest BCUT2D eigenvalue weighted by molar-refractivity contribution is -0.122. The van der Waals surface area contributed by atoms with Gasteiger partial charge >= 0.3 is 0 Å². The molecular formula is C16H22N2O7S. The van der Waals surface area contributed by atoms with Gasteiger partial charge in [-0.05, 0) is 24.5 Å². The SMILES string of the molecule is COc1cc(C(=O)NNC(=O)C[C@@H]2CCS(=O)(=O)C2)cc(OC)c1OC. The van der Waals surface area contributed by atoms with Gasteiger partial charge in [0.15, 0.2) is 21.3 Å². The number of rotatable bonds is 6. The van der Waals surface area contributed by atoms with E-state index in [0.717, 1.165) is 0 Å². The molecule has 2 amide bonds. The van der Waals surface area contributed by atoms with E-state index in [2.05, 4.69) is 10.9 Å². The second-order valence-electron chi connectivity index (χ2n) is 5.89. The molecule has 26 heavy (non-hydrogen) atoms. The number of hydrazine groups is 1. The lowest BCUT2D eigenvalue weighted by Crippen LogP contribution is -2.42. The Labute approximate surface area is 151 Å². The van der Waals surface area contributed by atoms with Crippen molar-refractivity contribution < 1.29 is 32.2 Å². The molecule has 0 spiro atoms. The highest BCUT2D eigenvalue weighted by atomic mass is 32.2. The third-order valence-corrected chi connectivity index (χ3v) is 5.88. The van der Waals surface area contributed by atoms with E-state index in [-0.39, 0.29) is 29.4 Å². The molecule has 1 fully saturated rings. The Kier molecular flexibility index (Phi) is 6.30. The minimum absolute atomic E-state index is 0.00123. The average Bonchev–Trinajstić information content (AvgIpc) is 2.96. The zero-order valence-electron chi connectivity index (χ0n) is 14.8. The summed E-state index contributed by atoms with van der Waals surface area (Å²) in [5.74, 6) is -0.191. The van der Waals surface area contributed by atoms with Crippen molar-refractivity contribution in [2.45, 2.75) is 12.8 Å². The predicted octanol–water partition coefficient (Wildman–Crippen LogP) is 0.298. The molecule has 1 atom stereocenters. The largest absolute Gasteiger partial charge is 0.493 e. The standard InChI is InChI=1S/C16H22N2O7S/c1-23-12-7-11(8-13(24-2)15(12)25-3)16(20)18-17-14(19)6-10-4-5-26(21,22)9-10/h7-8,10H,4-6,9H2,1-3H3,(H,17,19)(H,18,20)/t10-/m0/s1. The molecule has 144 valence electrons. The molecule has 1 aromatic rings. The minimum Gasteiger partial charge on any atom is -0.493 e. The van der Waals surface area contributed by atoms with Crippen LogP contribution in [0.4, 0.5) is 0 Å². The molecule has 0 unspecified atom stereocenters. The van der Waals surface area contributed by atoms with Gasteiger partial charge in [0.1, 0.15) is 0 Å². The number of carbonyl (C=O) groups excluding carboxylic acids is 2. The first-order valence-corrected chi connectivity index (χ1v) is 9.71. The summed E-state index contributed by atoms with van der Waals surface area (Å²) >= 11 is 0. The molecule has 1 aromatic carbocycles. The molecule has 2 rings (SSSR count). The number of ether oxygens (including phenoxy) is 3. The number of carbonyl (C=O) groups is 2. The maximum absolute atomic E-state index is 12.3. The van der Waals surface area contributed by atoms with E-state index in [1.54, 1.807) is 0 Å². The number of hydrogen-bond acceptors (Lipinski definition) is 7. The van der Waals surface area contributed by atoms with Crippen LogP contribution in [0.5, 0.6) is 17.2 Å². The number of hydrogen-bond donors (Lipinski definition) is 2. The van der Waals surface area contributed by atoms with Gasteiger partial charge in [-0.15, -0.1) is 0 Å². The monoisotopic (exact) mass is 386 g/mol. The maximum atomic E-state index is 12.3. The van der Waals surface area contributed by atoms with Crippen LogP contribution in [0.3, 0.4) is 0 Å². The Balaban J connectivity index is 1.98. The van der Waals surface area contributed by atoms with Crippen molar-refractivity contribution in [3.8, 4) is 17.2 Å². The van der Waals surface area contributed by atoms with Gasteiger partial charge in [0.2, 0.25) is 11.7 Å². The molecule has 1 aliphatic rings. The molecule has 1 aliphatic heterocycles. The highest BCUT2D eigenvalue weighted by Crippen LogP contribution is 2.38. The van der Waals surface area contributed by atoms with E-state index in [1.807, 2.05) is 0 Å². The summed E-state index contributed by atoms with van der Waals surface area (Å²) in [7, 11) is 1.26. The Morgan fingerprint density at radius 1 is 1.08 bits per heavy atom. The minimum atomic E-state index is -3.04. The van der Waals surface area contributed by atoms with Crippen LogP contribution in [-0.2, 0) is 14.6 Å². The smallest absolute Gasteiger partial charge is 0.269 e. The predicted molar refractivity (Wildman–Crippen MR) is 93.1 cm³/mol. The van der Waals surface area contributed by atoms with Crippen LogP contribution in [-0.4, -0.2) is 53.1 Å². The Morgan fingerprint density at radius 3 is 2.15 bits per heavy atom. The van der Waals surface area contributed by atoms with Crippen molar-refractivity contribution in [2.75, 3.05) is 32.8 Å². The quantitative estimate of drug-likeness (QED) is 0.675. The van der Waals surface area contributed by atoms with Crippen LogP contribution in [0.15, 0.2) is 12.1 Å². The van der Waals surface area contributed by atoms with E-state index in [1.165, 1.54) is 33.5 Å². The summed E-state index contributed by atoms with van der Waals surface area (Å²) in [6, 6.07) is 2.90. The van der Waals surface area contributed by atoms with Crippen molar-refractivity contribution in [1.82, 2.24) is 10.9 Å². The average molecular weight is 386 g/mol. The molecule has 10 heteroatoms.